The minimum atomic E-state index is -3.73. The Morgan fingerprint density at radius 1 is 1.23 bits per heavy atom. The predicted molar refractivity (Wildman–Crippen MR) is 53.2 cm³/mol. The van der Waals surface area contributed by atoms with Gasteiger partial charge in [-0.1, -0.05) is 0 Å². The summed E-state index contributed by atoms with van der Waals surface area (Å²) in [5.74, 6) is 0. The SMILES string of the molecule is NS(=O)(=O)c1cc(Cl)c(Cl)cc1[As]. The molecule has 0 atom stereocenters. The van der Waals surface area contributed by atoms with Crippen LogP contribution < -0.4 is 9.49 Å². The molecule has 0 bridgehead atoms. The van der Waals surface area contributed by atoms with E-state index in [0.717, 1.165) is 0 Å². The van der Waals surface area contributed by atoms with E-state index in [1.807, 2.05) is 0 Å². The van der Waals surface area contributed by atoms with Gasteiger partial charge in [-0.15, -0.1) is 0 Å². The van der Waals surface area contributed by atoms with Gasteiger partial charge in [-0.2, -0.15) is 0 Å². The van der Waals surface area contributed by atoms with Crippen molar-refractivity contribution in [1.29, 1.82) is 0 Å². The molecule has 2 N–H and O–H groups in total. The van der Waals surface area contributed by atoms with Crippen molar-refractivity contribution in [2.45, 2.75) is 4.90 Å². The van der Waals surface area contributed by atoms with Gasteiger partial charge in [-0.25, -0.2) is 0 Å². The quantitative estimate of drug-likeness (QED) is 0.765. The number of hydrogen-bond acceptors (Lipinski definition) is 2. The monoisotopic (exact) mass is 299 g/mol. The number of rotatable bonds is 1. The van der Waals surface area contributed by atoms with Crippen LogP contribution in [0.4, 0.5) is 0 Å². The number of halogens is 2. The zero-order valence-corrected chi connectivity index (χ0v) is 10.4. The van der Waals surface area contributed by atoms with E-state index in [0.29, 0.717) is 9.37 Å². The molecule has 0 aromatic heterocycles. The Balaban J connectivity index is 3.50. The Morgan fingerprint density at radius 3 is 2.15 bits per heavy atom. The van der Waals surface area contributed by atoms with Gasteiger partial charge in [0.1, 0.15) is 0 Å². The number of benzene rings is 1. The Morgan fingerprint density at radius 2 is 1.69 bits per heavy atom. The molecule has 1 aromatic rings. The summed E-state index contributed by atoms with van der Waals surface area (Å²) >= 11 is 13.4. The summed E-state index contributed by atoms with van der Waals surface area (Å²) in [5.41, 5.74) is 0. The van der Waals surface area contributed by atoms with Gasteiger partial charge in [0.15, 0.2) is 0 Å². The van der Waals surface area contributed by atoms with E-state index in [4.69, 9.17) is 28.3 Å². The Kier molecular flexibility index (Phi) is 3.31. The zero-order chi connectivity index (χ0) is 10.2. The van der Waals surface area contributed by atoms with Crippen LogP contribution >= 0.6 is 23.2 Å². The first-order valence-electron chi connectivity index (χ1n) is 3.03. The molecule has 7 heteroatoms. The fourth-order valence-corrected chi connectivity index (χ4v) is 3.14. The van der Waals surface area contributed by atoms with E-state index in [9.17, 15) is 8.42 Å². The van der Waals surface area contributed by atoms with Crippen molar-refractivity contribution in [2.75, 3.05) is 0 Å². The molecule has 70 valence electrons. The number of nitrogens with two attached hydrogens (primary N) is 1. The summed E-state index contributed by atoms with van der Waals surface area (Å²) in [4.78, 5) is -0.0260. The maximum atomic E-state index is 11.0. The molecule has 1 aromatic carbocycles. The van der Waals surface area contributed by atoms with E-state index in [1.165, 1.54) is 12.1 Å². The summed E-state index contributed by atoms with van der Waals surface area (Å²) < 4.78 is 22.4. The molecule has 0 aliphatic carbocycles. The van der Waals surface area contributed by atoms with E-state index < -0.39 is 10.0 Å². The van der Waals surface area contributed by atoms with Gasteiger partial charge >= 0.3 is 95.1 Å². The Hall–Kier alpha value is 0.268. The van der Waals surface area contributed by atoms with Crippen LogP contribution in [0.25, 0.3) is 0 Å². The summed E-state index contributed by atoms with van der Waals surface area (Å²) in [5, 5.41) is 5.40. The summed E-state index contributed by atoms with van der Waals surface area (Å²) in [6.45, 7) is 0. The molecule has 0 heterocycles. The number of hydrogen-bond donors (Lipinski definition) is 1. The van der Waals surface area contributed by atoms with Crippen LogP contribution in [-0.4, -0.2) is 25.3 Å². The van der Waals surface area contributed by atoms with E-state index >= 15 is 0 Å². The van der Waals surface area contributed by atoms with Gasteiger partial charge in [0.25, 0.3) is 0 Å². The average molecular weight is 300 g/mol. The molecular weight excluding hydrogens is 296 g/mol. The van der Waals surface area contributed by atoms with Gasteiger partial charge < -0.3 is 0 Å². The third kappa shape index (κ3) is 2.61. The first kappa shape index (κ1) is 11.3. The van der Waals surface area contributed by atoms with Crippen molar-refractivity contribution >= 4 is 54.4 Å². The number of primary sulfonamides is 1. The third-order valence-corrected chi connectivity index (χ3v) is 4.09. The van der Waals surface area contributed by atoms with Crippen LogP contribution in [0, 0.1) is 0 Å². The van der Waals surface area contributed by atoms with Crippen molar-refractivity contribution in [3.05, 3.63) is 22.2 Å². The van der Waals surface area contributed by atoms with Crippen LogP contribution in [0.3, 0.4) is 0 Å². The molecule has 0 saturated carbocycles. The Labute approximate surface area is 94.8 Å². The van der Waals surface area contributed by atoms with Crippen LogP contribution in [0.1, 0.15) is 0 Å². The summed E-state index contributed by atoms with van der Waals surface area (Å²) in [6, 6.07) is 2.66. The third-order valence-electron chi connectivity index (χ3n) is 1.31. The van der Waals surface area contributed by atoms with Crippen molar-refractivity contribution in [2.24, 2.45) is 5.14 Å². The van der Waals surface area contributed by atoms with Gasteiger partial charge in [-0.3, -0.25) is 0 Å². The Bertz CT molecular complexity index is 446. The van der Waals surface area contributed by atoms with Crippen molar-refractivity contribution < 1.29 is 8.42 Å². The minimum absolute atomic E-state index is 0.0260. The molecule has 0 fully saturated rings. The summed E-state index contributed by atoms with van der Waals surface area (Å²) in [6.07, 6.45) is 0. The molecule has 0 amide bonds. The van der Waals surface area contributed by atoms with Crippen LogP contribution in [0.15, 0.2) is 17.0 Å². The molecule has 13 heavy (non-hydrogen) atoms. The molecule has 0 aliphatic rings. The van der Waals surface area contributed by atoms with E-state index in [2.05, 4.69) is 16.9 Å². The van der Waals surface area contributed by atoms with Crippen molar-refractivity contribution in [3.63, 3.8) is 0 Å². The second kappa shape index (κ2) is 3.79. The van der Waals surface area contributed by atoms with Crippen LogP contribution in [0.2, 0.25) is 10.0 Å². The van der Waals surface area contributed by atoms with Gasteiger partial charge in [0.05, 0.1) is 0 Å². The molecule has 3 nitrogen and oxygen atoms in total. The van der Waals surface area contributed by atoms with E-state index in [1.54, 1.807) is 0 Å². The second-order valence-corrected chi connectivity index (χ2v) is 5.63. The van der Waals surface area contributed by atoms with Crippen LogP contribution in [-0.2, 0) is 10.0 Å². The molecular formula is C6H4AsCl2NO2S. The molecule has 0 saturated heterocycles. The predicted octanol–water partition coefficient (Wildman–Crippen LogP) is 0.435. The first-order valence-corrected chi connectivity index (χ1v) is 6.27. The van der Waals surface area contributed by atoms with E-state index in [-0.39, 0.29) is 9.92 Å². The molecule has 0 spiro atoms. The van der Waals surface area contributed by atoms with Gasteiger partial charge in [-0.05, 0) is 0 Å². The topological polar surface area (TPSA) is 60.2 Å². The standard InChI is InChI=1S/C6H4AsCl2NO2S/c7-3-1-4(8)5(9)2-6(3)13(10,11)12/h1-2H,(H2,10,11,12). The number of sulfonamides is 1. The van der Waals surface area contributed by atoms with Crippen LogP contribution in [0.5, 0.6) is 0 Å². The molecule has 1 rings (SSSR count). The molecule has 0 unspecified atom stereocenters. The average Bonchev–Trinajstić information content (AvgIpc) is 1.94. The second-order valence-electron chi connectivity index (χ2n) is 2.28. The van der Waals surface area contributed by atoms with Crippen molar-refractivity contribution in [1.82, 2.24) is 0 Å². The fourth-order valence-electron chi connectivity index (χ4n) is 0.746. The first-order chi connectivity index (χ1) is 5.82. The van der Waals surface area contributed by atoms with Gasteiger partial charge in [0, 0.05) is 0 Å². The van der Waals surface area contributed by atoms with Crippen molar-refractivity contribution in [3.8, 4) is 0 Å². The zero-order valence-electron chi connectivity index (χ0n) is 6.16. The molecule has 0 aliphatic heterocycles. The molecule has 2 radical (unpaired) electrons. The summed E-state index contributed by atoms with van der Waals surface area (Å²) in [7, 11) is -3.73. The maximum absolute atomic E-state index is 11.0. The normalized spacial score (nSPS) is 11.7. The van der Waals surface area contributed by atoms with Gasteiger partial charge in [0.2, 0.25) is 0 Å². The fraction of sp³-hybridized carbons (Fsp3) is 0.